The van der Waals surface area contributed by atoms with Crippen LogP contribution in [-0.2, 0) is 9.53 Å². The number of rotatable bonds is 4. The number of ether oxygens (including phenoxy) is 1. The van der Waals surface area contributed by atoms with Gasteiger partial charge in [0, 0.05) is 16.1 Å². The number of hydrogen-bond acceptors (Lipinski definition) is 2. The van der Waals surface area contributed by atoms with Crippen molar-refractivity contribution in [3.8, 4) is 0 Å². The van der Waals surface area contributed by atoms with Crippen molar-refractivity contribution in [2.75, 3.05) is 0 Å². The third-order valence-corrected chi connectivity index (χ3v) is 3.43. The Kier molecular flexibility index (Phi) is 5.39. The van der Waals surface area contributed by atoms with Gasteiger partial charge in [0.05, 0.1) is 0 Å². The van der Waals surface area contributed by atoms with Gasteiger partial charge in [0.1, 0.15) is 0 Å². The third-order valence-electron chi connectivity index (χ3n) is 2.56. The topological polar surface area (TPSA) is 26.3 Å². The lowest BCUT2D eigenvalue weighted by atomic mass is 10.2. The number of alkyl halides is 1. The number of carbonyl (C=O) groups excluding carboxylic acids is 1. The van der Waals surface area contributed by atoms with Gasteiger partial charge in [0.25, 0.3) is 0 Å². The Hall–Kier alpha value is -1.58. The summed E-state index contributed by atoms with van der Waals surface area (Å²) in [6.07, 6.45) is 3.05. The molecule has 0 aliphatic heterocycles. The van der Waals surface area contributed by atoms with Crippen molar-refractivity contribution < 1.29 is 9.53 Å². The van der Waals surface area contributed by atoms with Crippen LogP contribution in [0.2, 0.25) is 0 Å². The number of hydrogen-bond donors (Lipinski definition) is 0. The van der Waals surface area contributed by atoms with Crippen LogP contribution in [-0.4, -0.2) is 5.97 Å². The Morgan fingerprint density at radius 3 is 2.40 bits per heavy atom. The summed E-state index contributed by atoms with van der Waals surface area (Å²) in [7, 11) is 0. The van der Waals surface area contributed by atoms with Crippen LogP contribution in [0.3, 0.4) is 0 Å². The quantitative estimate of drug-likeness (QED) is 0.443. The lowest BCUT2D eigenvalue weighted by Gasteiger charge is -2.09. The molecule has 2 aromatic rings. The minimum atomic E-state index is -0.795. The van der Waals surface area contributed by atoms with Crippen LogP contribution in [0.25, 0.3) is 6.08 Å². The van der Waals surface area contributed by atoms with E-state index in [1.807, 2.05) is 42.5 Å². The predicted molar refractivity (Wildman–Crippen MR) is 84.3 cm³/mol. The highest BCUT2D eigenvalue weighted by atomic mass is 79.9. The average molecular weight is 352 g/mol. The fourth-order valence-electron chi connectivity index (χ4n) is 1.55. The van der Waals surface area contributed by atoms with Crippen LogP contribution in [0, 0.1) is 0 Å². The maximum Gasteiger partial charge on any atom is 0.332 e. The van der Waals surface area contributed by atoms with Gasteiger partial charge >= 0.3 is 5.97 Å². The Bertz CT molecular complexity index is 594. The SMILES string of the molecule is O=C(/C=C/c1ccccc1)O[C@H](Cl)c1ccc(Br)cc1. The summed E-state index contributed by atoms with van der Waals surface area (Å²) in [4.78, 5) is 11.7. The molecule has 0 fully saturated rings. The lowest BCUT2D eigenvalue weighted by Crippen LogP contribution is -2.04. The van der Waals surface area contributed by atoms with Crippen molar-refractivity contribution in [1.82, 2.24) is 0 Å². The first-order chi connectivity index (χ1) is 9.65. The van der Waals surface area contributed by atoms with Crippen molar-refractivity contribution >= 4 is 39.6 Å². The van der Waals surface area contributed by atoms with Crippen LogP contribution < -0.4 is 0 Å². The minimum Gasteiger partial charge on any atom is -0.438 e. The second-order valence-electron chi connectivity index (χ2n) is 4.05. The number of carbonyl (C=O) groups is 1. The van der Waals surface area contributed by atoms with Gasteiger partial charge in [-0.05, 0) is 23.8 Å². The summed E-state index contributed by atoms with van der Waals surface area (Å²) in [6, 6.07) is 16.8. The van der Waals surface area contributed by atoms with Gasteiger partial charge in [-0.25, -0.2) is 4.79 Å². The van der Waals surface area contributed by atoms with Crippen LogP contribution in [0.15, 0.2) is 65.1 Å². The van der Waals surface area contributed by atoms with E-state index in [0.29, 0.717) is 0 Å². The monoisotopic (exact) mass is 350 g/mol. The van der Waals surface area contributed by atoms with Crippen molar-refractivity contribution in [3.05, 3.63) is 76.3 Å². The average Bonchev–Trinajstić information content (AvgIpc) is 2.47. The molecule has 0 amide bonds. The molecule has 1 atom stereocenters. The molecule has 0 heterocycles. The van der Waals surface area contributed by atoms with Crippen molar-refractivity contribution in [2.45, 2.75) is 5.56 Å². The molecule has 2 rings (SSSR count). The van der Waals surface area contributed by atoms with Crippen molar-refractivity contribution in [1.29, 1.82) is 0 Å². The van der Waals surface area contributed by atoms with E-state index in [2.05, 4.69) is 15.9 Å². The Morgan fingerprint density at radius 2 is 1.75 bits per heavy atom. The van der Waals surface area contributed by atoms with Crippen LogP contribution in [0.4, 0.5) is 0 Å². The molecule has 0 aliphatic rings. The van der Waals surface area contributed by atoms with Gasteiger partial charge < -0.3 is 4.74 Å². The molecule has 0 radical (unpaired) electrons. The Morgan fingerprint density at radius 1 is 1.10 bits per heavy atom. The first-order valence-electron chi connectivity index (χ1n) is 5.98. The molecule has 0 aromatic heterocycles. The Balaban J connectivity index is 1.94. The maximum absolute atomic E-state index is 11.7. The van der Waals surface area contributed by atoms with E-state index >= 15 is 0 Å². The molecule has 0 aliphatic carbocycles. The van der Waals surface area contributed by atoms with E-state index in [1.54, 1.807) is 18.2 Å². The fraction of sp³-hybridized carbons (Fsp3) is 0.0625. The molecular formula is C16H12BrClO2. The molecule has 20 heavy (non-hydrogen) atoms. The first-order valence-corrected chi connectivity index (χ1v) is 7.21. The maximum atomic E-state index is 11.7. The van der Waals surface area contributed by atoms with E-state index in [1.165, 1.54) is 6.08 Å². The summed E-state index contributed by atoms with van der Waals surface area (Å²) < 4.78 is 6.07. The van der Waals surface area contributed by atoms with Crippen molar-refractivity contribution in [3.63, 3.8) is 0 Å². The molecule has 102 valence electrons. The molecule has 0 N–H and O–H groups in total. The highest BCUT2D eigenvalue weighted by molar-refractivity contribution is 9.10. The fourth-order valence-corrected chi connectivity index (χ4v) is 2.05. The highest BCUT2D eigenvalue weighted by Gasteiger charge is 2.11. The number of halogens is 2. The predicted octanol–water partition coefficient (Wildman–Crippen LogP) is 4.94. The number of esters is 1. The zero-order valence-corrected chi connectivity index (χ0v) is 12.8. The molecule has 0 saturated heterocycles. The van der Waals surface area contributed by atoms with Gasteiger partial charge in [0.15, 0.2) is 0 Å². The summed E-state index contributed by atoms with van der Waals surface area (Å²) in [5.74, 6) is -0.475. The zero-order valence-electron chi connectivity index (χ0n) is 10.5. The lowest BCUT2D eigenvalue weighted by molar-refractivity contribution is -0.139. The van der Waals surface area contributed by atoms with Gasteiger partial charge in [-0.1, -0.05) is 70.0 Å². The van der Waals surface area contributed by atoms with Crippen LogP contribution in [0.1, 0.15) is 16.7 Å². The van der Waals surface area contributed by atoms with Gasteiger partial charge in [0.2, 0.25) is 5.56 Å². The van der Waals surface area contributed by atoms with Crippen molar-refractivity contribution in [2.24, 2.45) is 0 Å². The van der Waals surface area contributed by atoms with Crippen LogP contribution >= 0.6 is 27.5 Å². The van der Waals surface area contributed by atoms with E-state index in [0.717, 1.165) is 15.6 Å². The molecule has 2 nitrogen and oxygen atoms in total. The first kappa shape index (κ1) is 14.8. The van der Waals surface area contributed by atoms with Gasteiger partial charge in [-0.3, -0.25) is 0 Å². The van der Waals surface area contributed by atoms with E-state index in [9.17, 15) is 4.79 Å². The summed E-state index contributed by atoms with van der Waals surface area (Å²) in [5, 5.41) is 0. The highest BCUT2D eigenvalue weighted by Crippen LogP contribution is 2.23. The Labute approximate surface area is 131 Å². The van der Waals surface area contributed by atoms with E-state index in [4.69, 9.17) is 16.3 Å². The standard InChI is InChI=1S/C16H12BrClO2/c17-14-9-7-13(8-10-14)16(18)20-15(19)11-6-12-4-2-1-3-5-12/h1-11,16H/b11-6+/t16-/m0/s1. The number of benzene rings is 2. The molecular weight excluding hydrogens is 340 g/mol. The summed E-state index contributed by atoms with van der Waals surface area (Å²) in [6.45, 7) is 0. The van der Waals surface area contributed by atoms with Crippen LogP contribution in [0.5, 0.6) is 0 Å². The zero-order chi connectivity index (χ0) is 14.4. The molecule has 0 saturated carbocycles. The van der Waals surface area contributed by atoms with Gasteiger partial charge in [-0.2, -0.15) is 0 Å². The molecule has 2 aromatic carbocycles. The smallest absolute Gasteiger partial charge is 0.332 e. The molecule has 0 spiro atoms. The normalized spacial score (nSPS) is 12.3. The summed E-state index contributed by atoms with van der Waals surface area (Å²) >= 11 is 9.38. The molecule has 0 unspecified atom stereocenters. The molecule has 0 bridgehead atoms. The van der Waals surface area contributed by atoms with E-state index < -0.39 is 11.5 Å². The summed E-state index contributed by atoms with van der Waals surface area (Å²) in [5.41, 5.74) is 0.867. The largest absolute Gasteiger partial charge is 0.438 e. The molecule has 4 heteroatoms. The van der Waals surface area contributed by atoms with E-state index in [-0.39, 0.29) is 0 Å². The second-order valence-corrected chi connectivity index (χ2v) is 5.36. The third kappa shape index (κ3) is 4.51. The second kappa shape index (κ2) is 7.27. The minimum absolute atomic E-state index is 0.475. The van der Waals surface area contributed by atoms with Gasteiger partial charge in [-0.15, -0.1) is 0 Å².